The van der Waals surface area contributed by atoms with Crippen LogP contribution in [0.25, 0.3) is 0 Å². The molecule has 23 heavy (non-hydrogen) atoms. The van der Waals surface area contributed by atoms with E-state index in [4.69, 9.17) is 0 Å². The highest BCUT2D eigenvalue weighted by molar-refractivity contribution is 5.90. The van der Waals surface area contributed by atoms with Crippen molar-refractivity contribution in [1.29, 1.82) is 0 Å². The average molecular weight is 311 g/mol. The van der Waals surface area contributed by atoms with Gasteiger partial charge in [0.25, 0.3) is 0 Å². The molecule has 3 heterocycles. The van der Waals surface area contributed by atoms with E-state index < -0.39 is 0 Å². The molecule has 0 spiro atoms. The number of aryl methyl sites for hydroxylation is 1. The van der Waals surface area contributed by atoms with Crippen LogP contribution in [0.1, 0.15) is 48.9 Å². The van der Waals surface area contributed by atoms with Gasteiger partial charge in [0.05, 0.1) is 17.4 Å². The number of carbonyl (C=O) groups is 1. The molecule has 2 aromatic rings. The van der Waals surface area contributed by atoms with E-state index in [0.29, 0.717) is 5.92 Å². The number of nitrogens with one attached hydrogen (secondary N) is 1. The van der Waals surface area contributed by atoms with E-state index in [1.54, 1.807) is 10.9 Å². The van der Waals surface area contributed by atoms with Crippen LogP contribution in [0.5, 0.6) is 0 Å². The average Bonchev–Trinajstić information content (AvgIpc) is 3.16. The van der Waals surface area contributed by atoms with Gasteiger partial charge in [-0.3, -0.25) is 9.67 Å². The van der Waals surface area contributed by atoms with Gasteiger partial charge in [0.2, 0.25) is 0 Å². The van der Waals surface area contributed by atoms with Gasteiger partial charge >= 0.3 is 6.03 Å². The Balaban J connectivity index is 1.52. The zero-order valence-corrected chi connectivity index (χ0v) is 13.3. The maximum Gasteiger partial charge on any atom is 0.322 e. The van der Waals surface area contributed by atoms with Crippen LogP contribution in [0, 0.1) is 0 Å². The molecule has 1 unspecified atom stereocenters. The van der Waals surface area contributed by atoms with Gasteiger partial charge in [-0.1, -0.05) is 6.07 Å². The Labute approximate surface area is 135 Å². The standard InChI is InChI=1S/C17H21N5O/c1-21-11-14(16(20-21)12-6-7-12)19-17(23)22-9-3-5-15(22)13-4-2-8-18-10-13/h2,4,8,10-12,15H,3,5-7,9H2,1H3,(H,19,23). The van der Waals surface area contributed by atoms with Gasteiger partial charge in [0.1, 0.15) is 0 Å². The lowest BCUT2D eigenvalue weighted by Gasteiger charge is -2.25. The third-order valence-electron chi connectivity index (χ3n) is 4.65. The van der Waals surface area contributed by atoms with Crippen LogP contribution in [-0.2, 0) is 7.05 Å². The van der Waals surface area contributed by atoms with Crippen molar-refractivity contribution in [3.63, 3.8) is 0 Å². The second-order valence-electron chi connectivity index (χ2n) is 6.44. The summed E-state index contributed by atoms with van der Waals surface area (Å²) in [5, 5.41) is 7.58. The monoisotopic (exact) mass is 311 g/mol. The number of nitrogens with zero attached hydrogens (tertiary/aromatic N) is 4. The SMILES string of the molecule is Cn1cc(NC(=O)N2CCCC2c2cccnc2)c(C2CC2)n1. The number of rotatable bonds is 3. The summed E-state index contributed by atoms with van der Waals surface area (Å²) in [6, 6.07) is 4.05. The van der Waals surface area contributed by atoms with Crippen LogP contribution in [-0.4, -0.2) is 32.2 Å². The van der Waals surface area contributed by atoms with Crippen molar-refractivity contribution in [2.75, 3.05) is 11.9 Å². The van der Waals surface area contributed by atoms with Gasteiger partial charge in [0, 0.05) is 38.1 Å². The number of aromatic nitrogens is 3. The van der Waals surface area contributed by atoms with Crippen molar-refractivity contribution < 1.29 is 4.79 Å². The van der Waals surface area contributed by atoms with Crippen LogP contribution < -0.4 is 5.32 Å². The van der Waals surface area contributed by atoms with E-state index in [-0.39, 0.29) is 12.1 Å². The molecule has 2 aliphatic rings. The highest BCUT2D eigenvalue weighted by atomic mass is 16.2. The van der Waals surface area contributed by atoms with Gasteiger partial charge in [-0.25, -0.2) is 4.79 Å². The Morgan fingerprint density at radius 1 is 1.35 bits per heavy atom. The molecule has 1 saturated heterocycles. The van der Waals surface area contributed by atoms with Crippen LogP contribution in [0.4, 0.5) is 10.5 Å². The molecule has 4 rings (SSSR count). The van der Waals surface area contributed by atoms with Crippen molar-refractivity contribution in [2.24, 2.45) is 7.05 Å². The van der Waals surface area contributed by atoms with Crippen molar-refractivity contribution in [2.45, 2.75) is 37.6 Å². The first-order valence-electron chi connectivity index (χ1n) is 8.23. The topological polar surface area (TPSA) is 63.1 Å². The maximum atomic E-state index is 12.8. The number of likely N-dealkylation sites (tertiary alicyclic amines) is 1. The van der Waals surface area contributed by atoms with Crippen LogP contribution in [0.2, 0.25) is 0 Å². The van der Waals surface area contributed by atoms with Gasteiger partial charge in [-0.05, 0) is 37.3 Å². The molecule has 6 nitrogen and oxygen atoms in total. The molecule has 1 saturated carbocycles. The zero-order valence-electron chi connectivity index (χ0n) is 13.3. The first kappa shape index (κ1) is 14.2. The molecule has 1 aliphatic carbocycles. The van der Waals surface area contributed by atoms with Crippen LogP contribution in [0.15, 0.2) is 30.7 Å². The number of pyridine rings is 1. The molecule has 1 atom stereocenters. The summed E-state index contributed by atoms with van der Waals surface area (Å²) in [6.45, 7) is 0.782. The van der Waals surface area contributed by atoms with E-state index >= 15 is 0 Å². The first-order valence-corrected chi connectivity index (χ1v) is 8.23. The molecular formula is C17H21N5O. The van der Waals surface area contributed by atoms with Gasteiger partial charge in [-0.2, -0.15) is 5.10 Å². The summed E-state index contributed by atoms with van der Waals surface area (Å²) in [4.78, 5) is 18.9. The van der Waals surface area contributed by atoms with Crippen molar-refractivity contribution >= 4 is 11.7 Å². The van der Waals surface area contributed by atoms with Crippen molar-refractivity contribution in [3.05, 3.63) is 42.0 Å². The Morgan fingerprint density at radius 3 is 2.96 bits per heavy atom. The fourth-order valence-corrected chi connectivity index (χ4v) is 3.38. The predicted molar refractivity (Wildman–Crippen MR) is 87.1 cm³/mol. The minimum absolute atomic E-state index is 0.0359. The van der Waals surface area contributed by atoms with Crippen LogP contribution >= 0.6 is 0 Å². The molecule has 2 amide bonds. The van der Waals surface area contributed by atoms with E-state index in [0.717, 1.165) is 36.3 Å². The van der Waals surface area contributed by atoms with Crippen LogP contribution in [0.3, 0.4) is 0 Å². The van der Waals surface area contributed by atoms with Crippen molar-refractivity contribution in [3.8, 4) is 0 Å². The smallest absolute Gasteiger partial charge is 0.317 e. The third kappa shape index (κ3) is 2.81. The summed E-state index contributed by atoms with van der Waals surface area (Å²) < 4.78 is 1.78. The number of hydrogen-bond acceptors (Lipinski definition) is 3. The molecular weight excluding hydrogens is 290 g/mol. The summed E-state index contributed by atoms with van der Waals surface area (Å²) in [7, 11) is 1.90. The summed E-state index contributed by atoms with van der Waals surface area (Å²) >= 11 is 0. The Morgan fingerprint density at radius 2 is 2.22 bits per heavy atom. The minimum Gasteiger partial charge on any atom is -0.317 e. The quantitative estimate of drug-likeness (QED) is 0.947. The molecule has 1 aliphatic heterocycles. The number of hydrogen-bond donors (Lipinski definition) is 1. The van der Waals surface area contributed by atoms with E-state index in [1.165, 1.54) is 12.8 Å². The highest BCUT2D eigenvalue weighted by Gasteiger charge is 2.33. The summed E-state index contributed by atoms with van der Waals surface area (Å²) in [5.74, 6) is 0.513. The largest absolute Gasteiger partial charge is 0.322 e. The lowest BCUT2D eigenvalue weighted by molar-refractivity contribution is 0.207. The molecule has 1 N–H and O–H groups in total. The third-order valence-corrected chi connectivity index (χ3v) is 4.65. The number of anilines is 1. The number of urea groups is 1. The van der Waals surface area contributed by atoms with Gasteiger partial charge < -0.3 is 10.2 Å². The normalized spacial score (nSPS) is 20.7. The second-order valence-corrected chi connectivity index (χ2v) is 6.44. The second kappa shape index (κ2) is 5.68. The molecule has 120 valence electrons. The van der Waals surface area contributed by atoms with Crippen molar-refractivity contribution in [1.82, 2.24) is 19.7 Å². The maximum absolute atomic E-state index is 12.8. The van der Waals surface area contributed by atoms with E-state index in [2.05, 4.69) is 15.4 Å². The lowest BCUT2D eigenvalue weighted by atomic mass is 10.1. The minimum atomic E-state index is -0.0359. The van der Waals surface area contributed by atoms with Gasteiger partial charge in [0.15, 0.2) is 0 Å². The molecule has 0 aromatic carbocycles. The zero-order chi connectivity index (χ0) is 15.8. The predicted octanol–water partition coefficient (Wildman–Crippen LogP) is 3.06. The molecule has 6 heteroatoms. The summed E-state index contributed by atoms with van der Waals surface area (Å²) in [6.07, 6.45) is 9.87. The van der Waals surface area contributed by atoms with E-state index in [9.17, 15) is 4.79 Å². The Bertz CT molecular complexity index is 707. The Hall–Kier alpha value is -2.37. The molecule has 2 fully saturated rings. The Kier molecular flexibility index (Phi) is 3.52. The fourth-order valence-electron chi connectivity index (χ4n) is 3.38. The highest BCUT2D eigenvalue weighted by Crippen LogP contribution is 2.42. The molecule has 2 aromatic heterocycles. The fraction of sp³-hybridized carbons (Fsp3) is 0.471. The lowest BCUT2D eigenvalue weighted by Crippen LogP contribution is -2.34. The molecule has 0 bridgehead atoms. The number of carbonyl (C=O) groups excluding carboxylic acids is 1. The van der Waals surface area contributed by atoms with E-state index in [1.807, 2.05) is 36.5 Å². The van der Waals surface area contributed by atoms with Gasteiger partial charge in [-0.15, -0.1) is 0 Å². The molecule has 0 radical (unpaired) electrons. The first-order chi connectivity index (χ1) is 11.2. The number of amides is 2. The summed E-state index contributed by atoms with van der Waals surface area (Å²) in [5.41, 5.74) is 2.99.